The molecule has 0 radical (unpaired) electrons. The van der Waals surface area contributed by atoms with Crippen LogP contribution in [0.4, 0.5) is 4.39 Å². The van der Waals surface area contributed by atoms with Crippen molar-refractivity contribution in [3.05, 3.63) is 48.4 Å². The molecule has 1 spiro atoms. The summed E-state index contributed by atoms with van der Waals surface area (Å²) in [4.78, 5) is 26.0. The van der Waals surface area contributed by atoms with Crippen LogP contribution in [0.5, 0.6) is 5.88 Å². The summed E-state index contributed by atoms with van der Waals surface area (Å²) < 4.78 is 25.0. The molecule has 1 unspecified atom stereocenters. The summed E-state index contributed by atoms with van der Waals surface area (Å²) in [5.74, 6) is -0.312. The Kier molecular flexibility index (Phi) is 4.50. The van der Waals surface area contributed by atoms with Crippen LogP contribution in [0.1, 0.15) is 23.3 Å². The summed E-state index contributed by atoms with van der Waals surface area (Å²) in [6.07, 6.45) is 7.64. The highest BCUT2D eigenvalue weighted by molar-refractivity contribution is 5.92. The summed E-state index contributed by atoms with van der Waals surface area (Å²) in [5, 5.41) is 0. The zero-order valence-electron chi connectivity index (χ0n) is 14.2. The Labute approximate surface area is 150 Å². The van der Waals surface area contributed by atoms with Gasteiger partial charge in [0.2, 0.25) is 5.88 Å². The lowest BCUT2D eigenvalue weighted by Gasteiger charge is -2.50. The van der Waals surface area contributed by atoms with Crippen molar-refractivity contribution in [1.29, 1.82) is 0 Å². The normalized spacial score (nSPS) is 20.8. The number of aromatic nitrogens is 3. The molecule has 2 aliphatic heterocycles. The van der Waals surface area contributed by atoms with Gasteiger partial charge < -0.3 is 14.4 Å². The lowest BCUT2D eigenvalue weighted by molar-refractivity contribution is -0.119. The van der Waals surface area contributed by atoms with E-state index in [0.29, 0.717) is 32.0 Å². The maximum absolute atomic E-state index is 13.6. The van der Waals surface area contributed by atoms with Crippen LogP contribution in [0.3, 0.4) is 0 Å². The molecule has 2 aromatic rings. The SMILES string of the molecule is O=C(c1cnccn1)N1CC2(C1)OCCC2CCOc1ncccc1F. The molecule has 1 amide bonds. The van der Waals surface area contributed by atoms with E-state index in [1.807, 2.05) is 0 Å². The summed E-state index contributed by atoms with van der Waals surface area (Å²) >= 11 is 0. The van der Waals surface area contributed by atoms with Gasteiger partial charge in [0.25, 0.3) is 5.91 Å². The standard InChI is InChI=1S/C18H19FN4O3/c19-14-2-1-5-22-16(14)25-8-3-13-4-9-26-18(13)11-23(12-18)17(24)15-10-20-6-7-21-15/h1-2,5-7,10,13H,3-4,8-9,11-12H2. The minimum atomic E-state index is -0.464. The molecule has 2 aromatic heterocycles. The van der Waals surface area contributed by atoms with Crippen molar-refractivity contribution < 1.29 is 18.7 Å². The first-order valence-electron chi connectivity index (χ1n) is 8.60. The lowest BCUT2D eigenvalue weighted by Crippen LogP contribution is -2.66. The third kappa shape index (κ3) is 3.12. The van der Waals surface area contributed by atoms with Crippen LogP contribution in [0.25, 0.3) is 0 Å². The quantitative estimate of drug-likeness (QED) is 0.810. The minimum Gasteiger partial charge on any atom is -0.476 e. The van der Waals surface area contributed by atoms with E-state index < -0.39 is 5.82 Å². The maximum Gasteiger partial charge on any atom is 0.274 e. The van der Waals surface area contributed by atoms with Gasteiger partial charge in [-0.25, -0.2) is 14.4 Å². The third-order valence-corrected chi connectivity index (χ3v) is 5.02. The van der Waals surface area contributed by atoms with Gasteiger partial charge in [-0.1, -0.05) is 0 Å². The van der Waals surface area contributed by atoms with E-state index in [1.165, 1.54) is 36.9 Å². The van der Waals surface area contributed by atoms with Crippen molar-refractivity contribution in [2.75, 3.05) is 26.3 Å². The van der Waals surface area contributed by atoms with Gasteiger partial charge in [-0.2, -0.15) is 0 Å². The maximum atomic E-state index is 13.6. The van der Waals surface area contributed by atoms with Crippen molar-refractivity contribution in [3.63, 3.8) is 0 Å². The van der Waals surface area contributed by atoms with Crippen LogP contribution < -0.4 is 4.74 Å². The first kappa shape index (κ1) is 16.8. The highest BCUT2D eigenvalue weighted by Gasteiger charge is 2.54. The Balaban J connectivity index is 1.32. The Hall–Kier alpha value is -2.61. The molecule has 26 heavy (non-hydrogen) atoms. The largest absolute Gasteiger partial charge is 0.476 e. The van der Waals surface area contributed by atoms with Gasteiger partial charge in [0.1, 0.15) is 11.3 Å². The molecule has 8 heteroatoms. The third-order valence-electron chi connectivity index (χ3n) is 5.02. The number of hydrogen-bond acceptors (Lipinski definition) is 6. The Morgan fingerprint density at radius 2 is 2.23 bits per heavy atom. The molecule has 7 nitrogen and oxygen atoms in total. The molecule has 2 saturated heterocycles. The van der Waals surface area contributed by atoms with Crippen molar-refractivity contribution in [2.45, 2.75) is 18.4 Å². The average Bonchev–Trinajstić information content (AvgIpc) is 3.06. The molecule has 4 rings (SSSR count). The first-order chi connectivity index (χ1) is 12.7. The molecule has 0 aromatic carbocycles. The van der Waals surface area contributed by atoms with E-state index in [2.05, 4.69) is 15.0 Å². The summed E-state index contributed by atoms with van der Waals surface area (Å²) in [6.45, 7) is 2.09. The molecule has 1 atom stereocenters. The number of rotatable bonds is 5. The average molecular weight is 358 g/mol. The van der Waals surface area contributed by atoms with Crippen molar-refractivity contribution >= 4 is 5.91 Å². The highest BCUT2D eigenvalue weighted by Crippen LogP contribution is 2.42. The highest BCUT2D eigenvalue weighted by atomic mass is 19.1. The molecule has 2 aliphatic rings. The van der Waals surface area contributed by atoms with Gasteiger partial charge in [-0.15, -0.1) is 0 Å². The van der Waals surface area contributed by atoms with Gasteiger partial charge >= 0.3 is 0 Å². The monoisotopic (exact) mass is 358 g/mol. The number of carbonyl (C=O) groups is 1. The zero-order chi connectivity index (χ0) is 18.0. The second-order valence-corrected chi connectivity index (χ2v) is 6.58. The molecule has 0 aliphatic carbocycles. The predicted molar refractivity (Wildman–Crippen MR) is 89.0 cm³/mol. The molecule has 136 valence electrons. The van der Waals surface area contributed by atoms with E-state index in [4.69, 9.17) is 9.47 Å². The van der Waals surface area contributed by atoms with Gasteiger partial charge in [0.05, 0.1) is 25.9 Å². The zero-order valence-corrected chi connectivity index (χ0v) is 14.2. The topological polar surface area (TPSA) is 77.4 Å². The lowest BCUT2D eigenvalue weighted by atomic mass is 9.79. The van der Waals surface area contributed by atoms with Gasteiger partial charge in [0, 0.05) is 25.2 Å². The number of pyridine rings is 1. The van der Waals surface area contributed by atoms with Crippen molar-refractivity contribution in [1.82, 2.24) is 19.9 Å². The van der Waals surface area contributed by atoms with Crippen LogP contribution in [-0.2, 0) is 4.74 Å². The van der Waals surface area contributed by atoms with Crippen molar-refractivity contribution in [3.8, 4) is 5.88 Å². The van der Waals surface area contributed by atoms with E-state index >= 15 is 0 Å². The van der Waals surface area contributed by atoms with Crippen molar-refractivity contribution in [2.24, 2.45) is 5.92 Å². The van der Waals surface area contributed by atoms with Crippen LogP contribution in [0.15, 0.2) is 36.9 Å². The fourth-order valence-corrected chi connectivity index (χ4v) is 3.63. The Bertz CT molecular complexity index is 783. The van der Waals surface area contributed by atoms with Crippen LogP contribution in [-0.4, -0.2) is 57.7 Å². The van der Waals surface area contributed by atoms with Gasteiger partial charge in [-0.3, -0.25) is 9.78 Å². The van der Waals surface area contributed by atoms with E-state index in [1.54, 1.807) is 4.90 Å². The first-order valence-corrected chi connectivity index (χ1v) is 8.60. The summed E-state index contributed by atoms with van der Waals surface area (Å²) in [7, 11) is 0. The van der Waals surface area contributed by atoms with Crippen LogP contribution in [0.2, 0.25) is 0 Å². The number of ether oxygens (including phenoxy) is 2. The number of nitrogens with zero attached hydrogens (tertiary/aromatic N) is 4. The molecule has 0 saturated carbocycles. The second-order valence-electron chi connectivity index (χ2n) is 6.58. The Morgan fingerprint density at radius 1 is 1.35 bits per heavy atom. The van der Waals surface area contributed by atoms with E-state index in [-0.39, 0.29) is 23.3 Å². The number of halogens is 1. The fourth-order valence-electron chi connectivity index (χ4n) is 3.63. The number of likely N-dealkylation sites (tertiary alicyclic amines) is 1. The smallest absolute Gasteiger partial charge is 0.274 e. The van der Waals surface area contributed by atoms with E-state index in [9.17, 15) is 9.18 Å². The van der Waals surface area contributed by atoms with Gasteiger partial charge in [-0.05, 0) is 30.9 Å². The molecule has 4 heterocycles. The number of carbonyl (C=O) groups excluding carboxylic acids is 1. The Morgan fingerprint density at radius 3 is 3.00 bits per heavy atom. The fraction of sp³-hybridized carbons (Fsp3) is 0.444. The second kappa shape index (κ2) is 6.95. The number of hydrogen-bond donors (Lipinski definition) is 0. The summed E-state index contributed by atoms with van der Waals surface area (Å²) in [5.41, 5.74) is 0.00928. The van der Waals surface area contributed by atoms with Crippen LogP contribution >= 0.6 is 0 Å². The minimum absolute atomic E-state index is 0.0218. The molecular formula is C18H19FN4O3. The summed E-state index contributed by atoms with van der Waals surface area (Å²) in [6, 6.07) is 2.85. The van der Waals surface area contributed by atoms with Crippen LogP contribution in [0, 0.1) is 11.7 Å². The molecule has 0 bridgehead atoms. The molecular weight excluding hydrogens is 339 g/mol. The number of amides is 1. The van der Waals surface area contributed by atoms with Gasteiger partial charge in [0.15, 0.2) is 5.82 Å². The predicted octanol–water partition coefficient (Wildman–Crippen LogP) is 1.71. The molecule has 2 fully saturated rings. The van der Waals surface area contributed by atoms with E-state index in [0.717, 1.165) is 12.8 Å². The molecule has 0 N–H and O–H groups in total.